The molecule has 0 spiro atoms. The molecule has 1 aromatic rings. The zero-order valence-electron chi connectivity index (χ0n) is 11.0. The molecule has 0 radical (unpaired) electrons. The van der Waals surface area contributed by atoms with E-state index in [4.69, 9.17) is 4.74 Å². The molecule has 0 aliphatic carbocycles. The fraction of sp³-hybridized carbons (Fsp3) is 0.571. The van der Waals surface area contributed by atoms with Crippen LogP contribution in [-0.4, -0.2) is 23.9 Å². The van der Waals surface area contributed by atoms with Crippen molar-refractivity contribution in [3.8, 4) is 5.75 Å². The lowest BCUT2D eigenvalue weighted by atomic mass is 10.0. The number of aliphatic hydroxyl groups is 1. The van der Waals surface area contributed by atoms with Crippen molar-refractivity contribution in [2.75, 3.05) is 18.5 Å². The first kappa shape index (κ1) is 13.8. The van der Waals surface area contributed by atoms with E-state index in [1.807, 2.05) is 38.1 Å². The minimum absolute atomic E-state index is 0.554. The molecular weight excluding hydrogens is 214 g/mol. The highest BCUT2D eigenvalue weighted by Crippen LogP contribution is 2.17. The summed E-state index contributed by atoms with van der Waals surface area (Å²) in [5.74, 6) is 0.889. The third-order valence-corrected chi connectivity index (χ3v) is 2.76. The van der Waals surface area contributed by atoms with Crippen LogP contribution >= 0.6 is 0 Å². The number of nitrogens with one attached hydrogen (secondary N) is 1. The fourth-order valence-corrected chi connectivity index (χ4v) is 1.31. The number of ether oxygens (including phenoxy) is 1. The third kappa shape index (κ3) is 5.09. The summed E-state index contributed by atoms with van der Waals surface area (Å²) < 4.78 is 5.50. The molecule has 0 saturated carbocycles. The average molecular weight is 237 g/mol. The first-order valence-electron chi connectivity index (χ1n) is 6.26. The summed E-state index contributed by atoms with van der Waals surface area (Å²) in [6.45, 7) is 7.20. The van der Waals surface area contributed by atoms with Gasteiger partial charge < -0.3 is 15.2 Å². The fourth-order valence-electron chi connectivity index (χ4n) is 1.31. The highest BCUT2D eigenvalue weighted by Gasteiger charge is 2.16. The number of hydrogen-bond donors (Lipinski definition) is 2. The Bertz CT molecular complexity index is 319. The summed E-state index contributed by atoms with van der Waals surface area (Å²) in [7, 11) is 0. The molecule has 2 N–H and O–H groups in total. The molecule has 1 atom stereocenters. The van der Waals surface area contributed by atoms with Crippen LogP contribution in [0.15, 0.2) is 24.3 Å². The highest BCUT2D eigenvalue weighted by molar-refractivity contribution is 5.46. The van der Waals surface area contributed by atoms with E-state index in [-0.39, 0.29) is 0 Å². The van der Waals surface area contributed by atoms with Gasteiger partial charge in [-0.1, -0.05) is 13.8 Å². The first-order chi connectivity index (χ1) is 8.07. The number of hydrogen-bond acceptors (Lipinski definition) is 3. The molecule has 1 rings (SSSR count). The molecule has 0 aliphatic rings. The second-order valence-corrected chi connectivity index (χ2v) is 4.58. The van der Waals surface area contributed by atoms with E-state index in [0.717, 1.165) is 30.9 Å². The predicted octanol–water partition coefficient (Wildman–Crippen LogP) is 3.05. The van der Waals surface area contributed by atoms with Crippen LogP contribution in [0.1, 0.15) is 33.6 Å². The van der Waals surface area contributed by atoms with Crippen LogP contribution in [0, 0.1) is 0 Å². The Morgan fingerprint density at radius 2 is 1.88 bits per heavy atom. The predicted molar refractivity (Wildman–Crippen MR) is 71.6 cm³/mol. The molecular formula is C14H23NO2. The van der Waals surface area contributed by atoms with Crippen LogP contribution in [-0.2, 0) is 0 Å². The monoisotopic (exact) mass is 237 g/mol. The van der Waals surface area contributed by atoms with E-state index in [2.05, 4.69) is 12.2 Å². The standard InChI is InChI=1S/C14H23NO2/c1-4-10-17-13-8-6-12(7-9-13)15-11-14(3,16)5-2/h6-9,15-16H,4-5,10-11H2,1-3H3. The van der Waals surface area contributed by atoms with Crippen LogP contribution in [0.2, 0.25) is 0 Å². The van der Waals surface area contributed by atoms with Gasteiger partial charge in [-0.3, -0.25) is 0 Å². The van der Waals surface area contributed by atoms with Gasteiger partial charge in [0.1, 0.15) is 5.75 Å². The quantitative estimate of drug-likeness (QED) is 0.766. The zero-order chi connectivity index (χ0) is 12.7. The Kier molecular flexibility index (Phi) is 5.29. The molecule has 0 aliphatic heterocycles. The van der Waals surface area contributed by atoms with Crippen molar-refractivity contribution in [2.45, 2.75) is 39.2 Å². The summed E-state index contributed by atoms with van der Waals surface area (Å²) in [6, 6.07) is 7.82. The lowest BCUT2D eigenvalue weighted by Crippen LogP contribution is -2.32. The van der Waals surface area contributed by atoms with E-state index in [0.29, 0.717) is 6.54 Å². The van der Waals surface area contributed by atoms with Gasteiger partial charge in [-0.15, -0.1) is 0 Å². The molecule has 0 aromatic heterocycles. The minimum Gasteiger partial charge on any atom is -0.494 e. The lowest BCUT2D eigenvalue weighted by Gasteiger charge is -2.22. The summed E-state index contributed by atoms with van der Waals surface area (Å²) in [5, 5.41) is 13.1. The largest absolute Gasteiger partial charge is 0.494 e. The van der Waals surface area contributed by atoms with Crippen LogP contribution in [0.5, 0.6) is 5.75 Å². The minimum atomic E-state index is -0.655. The maximum atomic E-state index is 9.87. The number of rotatable bonds is 7. The normalized spacial score (nSPS) is 14.1. The maximum Gasteiger partial charge on any atom is 0.119 e. The zero-order valence-corrected chi connectivity index (χ0v) is 11.0. The van der Waals surface area contributed by atoms with E-state index in [1.54, 1.807) is 0 Å². The van der Waals surface area contributed by atoms with E-state index < -0.39 is 5.60 Å². The summed E-state index contributed by atoms with van der Waals surface area (Å²) >= 11 is 0. The molecule has 0 fully saturated rings. The molecule has 1 unspecified atom stereocenters. The molecule has 96 valence electrons. The van der Waals surface area contributed by atoms with E-state index in [1.165, 1.54) is 0 Å². The molecule has 3 heteroatoms. The molecule has 0 saturated heterocycles. The van der Waals surface area contributed by atoms with Crippen molar-refractivity contribution in [1.82, 2.24) is 0 Å². The maximum absolute atomic E-state index is 9.87. The second kappa shape index (κ2) is 6.50. The van der Waals surface area contributed by atoms with Gasteiger partial charge in [-0.2, -0.15) is 0 Å². The Hall–Kier alpha value is -1.22. The Morgan fingerprint density at radius 3 is 2.41 bits per heavy atom. The topological polar surface area (TPSA) is 41.5 Å². The van der Waals surface area contributed by atoms with Gasteiger partial charge >= 0.3 is 0 Å². The molecule has 3 nitrogen and oxygen atoms in total. The van der Waals surface area contributed by atoms with Crippen molar-refractivity contribution >= 4 is 5.69 Å². The lowest BCUT2D eigenvalue weighted by molar-refractivity contribution is 0.0697. The van der Waals surface area contributed by atoms with Crippen molar-refractivity contribution < 1.29 is 9.84 Å². The highest BCUT2D eigenvalue weighted by atomic mass is 16.5. The summed E-state index contributed by atoms with van der Waals surface area (Å²) in [5.41, 5.74) is 0.347. The van der Waals surface area contributed by atoms with Crippen molar-refractivity contribution in [3.05, 3.63) is 24.3 Å². The Labute approximate surface area is 104 Å². The van der Waals surface area contributed by atoms with Gasteiger partial charge in [-0.05, 0) is 44.0 Å². The number of benzene rings is 1. The van der Waals surface area contributed by atoms with Gasteiger partial charge in [0.25, 0.3) is 0 Å². The summed E-state index contributed by atoms with van der Waals surface area (Å²) in [6.07, 6.45) is 1.75. The second-order valence-electron chi connectivity index (χ2n) is 4.58. The number of anilines is 1. The molecule has 17 heavy (non-hydrogen) atoms. The van der Waals surface area contributed by atoms with Crippen LogP contribution in [0.4, 0.5) is 5.69 Å². The van der Waals surface area contributed by atoms with Crippen molar-refractivity contribution in [1.29, 1.82) is 0 Å². The van der Waals surface area contributed by atoms with Crippen LogP contribution in [0.25, 0.3) is 0 Å². The Balaban J connectivity index is 2.45. The smallest absolute Gasteiger partial charge is 0.119 e. The van der Waals surface area contributed by atoms with Gasteiger partial charge in [0.05, 0.1) is 12.2 Å². The molecule has 0 amide bonds. The van der Waals surface area contributed by atoms with E-state index in [9.17, 15) is 5.11 Å². The van der Waals surface area contributed by atoms with Crippen LogP contribution in [0.3, 0.4) is 0 Å². The molecule has 0 bridgehead atoms. The van der Waals surface area contributed by atoms with Crippen LogP contribution < -0.4 is 10.1 Å². The third-order valence-electron chi connectivity index (χ3n) is 2.76. The summed E-state index contributed by atoms with van der Waals surface area (Å²) in [4.78, 5) is 0. The average Bonchev–Trinajstić information content (AvgIpc) is 2.35. The SMILES string of the molecule is CCCOc1ccc(NCC(C)(O)CC)cc1. The van der Waals surface area contributed by atoms with Crippen molar-refractivity contribution in [2.24, 2.45) is 0 Å². The molecule has 0 heterocycles. The molecule has 1 aromatic carbocycles. The van der Waals surface area contributed by atoms with Gasteiger partial charge in [-0.25, -0.2) is 0 Å². The van der Waals surface area contributed by atoms with Gasteiger partial charge in [0, 0.05) is 12.2 Å². The van der Waals surface area contributed by atoms with Gasteiger partial charge in [0.15, 0.2) is 0 Å². The van der Waals surface area contributed by atoms with Gasteiger partial charge in [0.2, 0.25) is 0 Å². The van der Waals surface area contributed by atoms with E-state index >= 15 is 0 Å². The first-order valence-corrected chi connectivity index (χ1v) is 6.26. The van der Waals surface area contributed by atoms with Crippen molar-refractivity contribution in [3.63, 3.8) is 0 Å². The Morgan fingerprint density at radius 1 is 1.24 bits per heavy atom.